The molecule has 0 aliphatic carbocycles. The standard InChI is InChI=1S/C15H13N7O2S/c1-22(2)15-21-20-13(24-15)8-7-16-19-11(8)18-12(23)14-17-9-5-3-4-6-10(9)25-14/h3-7H,1-2H3,(H2,16,18,19,23). The first-order chi connectivity index (χ1) is 12.1. The van der Waals surface area contributed by atoms with Gasteiger partial charge in [0, 0.05) is 14.1 Å². The highest BCUT2D eigenvalue weighted by Crippen LogP contribution is 2.28. The van der Waals surface area contributed by atoms with Crippen LogP contribution in [0.15, 0.2) is 34.9 Å². The van der Waals surface area contributed by atoms with Gasteiger partial charge in [-0.25, -0.2) is 4.98 Å². The van der Waals surface area contributed by atoms with Crippen LogP contribution < -0.4 is 10.2 Å². The van der Waals surface area contributed by atoms with E-state index in [1.165, 1.54) is 17.5 Å². The number of amides is 1. The average Bonchev–Trinajstić information content (AvgIpc) is 3.32. The van der Waals surface area contributed by atoms with Crippen molar-refractivity contribution >= 4 is 39.3 Å². The van der Waals surface area contributed by atoms with Crippen LogP contribution in [-0.2, 0) is 0 Å². The van der Waals surface area contributed by atoms with E-state index in [0.717, 1.165) is 10.2 Å². The minimum atomic E-state index is -0.334. The van der Waals surface area contributed by atoms with Gasteiger partial charge in [-0.3, -0.25) is 9.89 Å². The van der Waals surface area contributed by atoms with Crippen LogP contribution in [0.2, 0.25) is 0 Å². The lowest BCUT2D eigenvalue weighted by Crippen LogP contribution is -2.12. The molecular weight excluding hydrogens is 342 g/mol. The van der Waals surface area contributed by atoms with E-state index in [4.69, 9.17) is 4.42 Å². The summed E-state index contributed by atoms with van der Waals surface area (Å²) in [5.41, 5.74) is 1.30. The van der Waals surface area contributed by atoms with Crippen molar-refractivity contribution in [1.29, 1.82) is 0 Å². The quantitative estimate of drug-likeness (QED) is 0.578. The van der Waals surface area contributed by atoms with E-state index in [9.17, 15) is 4.79 Å². The van der Waals surface area contributed by atoms with Gasteiger partial charge < -0.3 is 14.6 Å². The van der Waals surface area contributed by atoms with Gasteiger partial charge in [-0.1, -0.05) is 17.2 Å². The molecule has 0 aliphatic rings. The summed E-state index contributed by atoms with van der Waals surface area (Å²) in [5, 5.41) is 17.7. The highest BCUT2D eigenvalue weighted by molar-refractivity contribution is 7.20. The zero-order valence-corrected chi connectivity index (χ0v) is 14.2. The van der Waals surface area contributed by atoms with Gasteiger partial charge in [0.05, 0.1) is 16.4 Å². The monoisotopic (exact) mass is 355 g/mol. The van der Waals surface area contributed by atoms with E-state index in [1.807, 2.05) is 24.3 Å². The normalized spacial score (nSPS) is 11.0. The van der Waals surface area contributed by atoms with Crippen molar-refractivity contribution in [2.75, 3.05) is 24.3 Å². The van der Waals surface area contributed by atoms with Crippen LogP contribution >= 0.6 is 11.3 Å². The number of carbonyl (C=O) groups excluding carboxylic acids is 1. The van der Waals surface area contributed by atoms with Crippen molar-refractivity contribution in [3.63, 3.8) is 0 Å². The van der Waals surface area contributed by atoms with Crippen molar-refractivity contribution in [3.05, 3.63) is 35.5 Å². The number of nitrogens with one attached hydrogen (secondary N) is 2. The number of nitrogens with zero attached hydrogens (tertiary/aromatic N) is 5. The molecule has 3 aromatic heterocycles. The van der Waals surface area contributed by atoms with Gasteiger partial charge in [-0.2, -0.15) is 5.10 Å². The number of thiazole rings is 1. The second-order valence-corrected chi connectivity index (χ2v) is 6.41. The Morgan fingerprint density at radius 2 is 2.12 bits per heavy atom. The highest BCUT2D eigenvalue weighted by Gasteiger charge is 2.19. The van der Waals surface area contributed by atoms with Gasteiger partial charge in [0.2, 0.25) is 0 Å². The van der Waals surface area contributed by atoms with E-state index in [2.05, 4.69) is 30.7 Å². The summed E-state index contributed by atoms with van der Waals surface area (Å²) in [6, 6.07) is 7.94. The summed E-state index contributed by atoms with van der Waals surface area (Å²) in [5.74, 6) is 0.300. The Bertz CT molecular complexity index is 1020. The Labute approximate surface area is 145 Å². The molecule has 0 saturated heterocycles. The predicted molar refractivity (Wildman–Crippen MR) is 93.8 cm³/mol. The fraction of sp³-hybridized carbons (Fsp3) is 0.133. The summed E-state index contributed by atoms with van der Waals surface area (Å²) in [6.07, 6.45) is 1.51. The minimum Gasteiger partial charge on any atom is -0.403 e. The third-order valence-electron chi connectivity index (χ3n) is 3.39. The Hall–Kier alpha value is -3.27. The van der Waals surface area contributed by atoms with E-state index in [1.54, 1.807) is 19.0 Å². The van der Waals surface area contributed by atoms with E-state index >= 15 is 0 Å². The first-order valence-electron chi connectivity index (χ1n) is 7.33. The summed E-state index contributed by atoms with van der Waals surface area (Å²) >= 11 is 1.32. The fourth-order valence-electron chi connectivity index (χ4n) is 2.18. The van der Waals surface area contributed by atoms with Gasteiger partial charge in [0.25, 0.3) is 11.8 Å². The summed E-state index contributed by atoms with van der Waals surface area (Å²) < 4.78 is 6.49. The molecule has 2 N–H and O–H groups in total. The summed E-state index contributed by atoms with van der Waals surface area (Å²) in [4.78, 5) is 18.5. The number of H-pyrrole nitrogens is 1. The minimum absolute atomic E-state index is 0.261. The van der Waals surface area contributed by atoms with Crippen molar-refractivity contribution < 1.29 is 9.21 Å². The van der Waals surface area contributed by atoms with Crippen LogP contribution in [0.25, 0.3) is 21.7 Å². The van der Waals surface area contributed by atoms with Gasteiger partial charge in [-0.05, 0) is 12.1 Å². The van der Waals surface area contributed by atoms with Crippen molar-refractivity contribution in [2.24, 2.45) is 0 Å². The Balaban J connectivity index is 1.60. The SMILES string of the molecule is CN(C)c1nnc(-c2cn[nH]c2NC(=O)c2nc3ccccc3s2)o1. The molecule has 0 spiro atoms. The first-order valence-corrected chi connectivity index (χ1v) is 8.15. The lowest BCUT2D eigenvalue weighted by Gasteiger charge is -2.03. The molecular formula is C15H13N7O2S. The van der Waals surface area contributed by atoms with Gasteiger partial charge in [0.1, 0.15) is 11.4 Å². The molecule has 4 aromatic rings. The first kappa shape index (κ1) is 15.3. The number of hydrogen-bond donors (Lipinski definition) is 2. The maximum Gasteiger partial charge on any atom is 0.317 e. The lowest BCUT2D eigenvalue weighted by molar-refractivity contribution is 0.102. The molecule has 0 radical (unpaired) electrons. The lowest BCUT2D eigenvalue weighted by atomic mass is 10.3. The molecule has 0 aliphatic heterocycles. The molecule has 10 heteroatoms. The van der Waals surface area contributed by atoms with Crippen molar-refractivity contribution in [3.8, 4) is 11.5 Å². The van der Waals surface area contributed by atoms with Crippen molar-refractivity contribution in [1.82, 2.24) is 25.4 Å². The van der Waals surface area contributed by atoms with E-state index in [0.29, 0.717) is 22.4 Å². The predicted octanol–water partition coefficient (Wildman–Crippen LogP) is 2.39. The molecule has 0 saturated carbocycles. The van der Waals surface area contributed by atoms with Crippen LogP contribution in [0, 0.1) is 0 Å². The number of para-hydroxylation sites is 1. The van der Waals surface area contributed by atoms with Crippen LogP contribution in [0.1, 0.15) is 9.80 Å². The molecule has 25 heavy (non-hydrogen) atoms. The molecule has 0 bridgehead atoms. The largest absolute Gasteiger partial charge is 0.403 e. The highest BCUT2D eigenvalue weighted by atomic mass is 32.1. The molecule has 4 rings (SSSR count). The van der Waals surface area contributed by atoms with Crippen LogP contribution in [0.4, 0.5) is 11.8 Å². The number of benzene rings is 1. The molecule has 0 unspecified atom stereocenters. The molecule has 0 atom stereocenters. The van der Waals surface area contributed by atoms with Crippen LogP contribution in [0.3, 0.4) is 0 Å². The maximum atomic E-state index is 12.5. The number of anilines is 2. The number of aromatic nitrogens is 5. The molecule has 1 amide bonds. The van der Waals surface area contributed by atoms with Crippen LogP contribution in [-0.4, -0.2) is 45.4 Å². The third kappa shape index (κ3) is 2.83. The topological polar surface area (TPSA) is 113 Å². The second-order valence-electron chi connectivity index (χ2n) is 5.38. The van der Waals surface area contributed by atoms with Gasteiger partial charge in [0.15, 0.2) is 5.01 Å². The Kier molecular flexibility index (Phi) is 3.65. The summed E-state index contributed by atoms with van der Waals surface area (Å²) in [7, 11) is 3.59. The molecule has 9 nitrogen and oxygen atoms in total. The number of carbonyl (C=O) groups is 1. The molecule has 126 valence electrons. The number of hydrogen-bond acceptors (Lipinski definition) is 8. The molecule has 0 fully saturated rings. The molecule has 3 heterocycles. The maximum absolute atomic E-state index is 12.5. The van der Waals surface area contributed by atoms with Gasteiger partial charge in [-0.15, -0.1) is 16.4 Å². The van der Waals surface area contributed by atoms with E-state index < -0.39 is 0 Å². The summed E-state index contributed by atoms with van der Waals surface area (Å²) in [6.45, 7) is 0. The third-order valence-corrected chi connectivity index (χ3v) is 4.43. The fourth-order valence-corrected chi connectivity index (χ4v) is 3.05. The zero-order valence-electron chi connectivity index (χ0n) is 13.3. The average molecular weight is 355 g/mol. The van der Waals surface area contributed by atoms with Crippen LogP contribution in [0.5, 0.6) is 0 Å². The number of rotatable bonds is 4. The van der Waals surface area contributed by atoms with Crippen molar-refractivity contribution in [2.45, 2.75) is 0 Å². The Morgan fingerprint density at radius 3 is 2.88 bits per heavy atom. The van der Waals surface area contributed by atoms with E-state index in [-0.39, 0.29) is 11.8 Å². The Morgan fingerprint density at radius 1 is 1.28 bits per heavy atom. The number of aromatic amines is 1. The zero-order chi connectivity index (χ0) is 17.4. The van der Waals surface area contributed by atoms with Gasteiger partial charge >= 0.3 is 6.01 Å². The molecule has 1 aromatic carbocycles. The smallest absolute Gasteiger partial charge is 0.317 e. The number of fused-ring (bicyclic) bond motifs is 1. The second kappa shape index (κ2) is 5.98.